The van der Waals surface area contributed by atoms with Crippen LogP contribution < -0.4 is 0 Å². The average Bonchev–Trinajstić information content (AvgIpc) is 3.19. The van der Waals surface area contributed by atoms with Gasteiger partial charge in [0, 0.05) is 11.5 Å². The molecule has 3 rings (SSSR count). The molecule has 2 atom stereocenters. The molecule has 2 aromatic carbocycles. The molecule has 0 aliphatic heterocycles. The summed E-state index contributed by atoms with van der Waals surface area (Å²) in [5, 5.41) is 0. The summed E-state index contributed by atoms with van der Waals surface area (Å²) < 4.78 is 0. The number of hydrogen-bond donors (Lipinski definition) is 0. The van der Waals surface area contributed by atoms with Crippen LogP contribution in [-0.2, 0) is 0 Å². The van der Waals surface area contributed by atoms with Gasteiger partial charge in [-0.2, -0.15) is 0 Å². The quantitative estimate of drug-likeness (QED) is 0.737. The molecule has 1 saturated carbocycles. The summed E-state index contributed by atoms with van der Waals surface area (Å²) >= 11 is 0. The number of aryl methyl sites for hydroxylation is 1. The summed E-state index contributed by atoms with van der Waals surface area (Å²) in [6.07, 6.45) is 0.997. The van der Waals surface area contributed by atoms with E-state index in [1.807, 2.05) is 30.3 Å². The molecule has 1 aliphatic rings. The summed E-state index contributed by atoms with van der Waals surface area (Å²) in [5.41, 5.74) is 3.42. The fraction of sp³-hybridized carbons (Fsp3) is 0.235. The van der Waals surface area contributed by atoms with Crippen molar-refractivity contribution in [3.05, 3.63) is 71.3 Å². The second-order valence-corrected chi connectivity index (χ2v) is 5.09. The second-order valence-electron chi connectivity index (χ2n) is 5.09. The Morgan fingerprint density at radius 3 is 2.56 bits per heavy atom. The van der Waals surface area contributed by atoms with Gasteiger partial charge in [-0.05, 0) is 24.8 Å². The van der Waals surface area contributed by atoms with Crippen molar-refractivity contribution in [1.29, 1.82) is 0 Å². The molecule has 18 heavy (non-hydrogen) atoms. The molecule has 0 heterocycles. The van der Waals surface area contributed by atoms with Gasteiger partial charge in [0.15, 0.2) is 5.78 Å². The van der Waals surface area contributed by atoms with Crippen molar-refractivity contribution in [2.24, 2.45) is 5.92 Å². The highest BCUT2D eigenvalue weighted by Crippen LogP contribution is 2.49. The lowest BCUT2D eigenvalue weighted by atomic mass is 10.0. The molecule has 0 aromatic heterocycles. The van der Waals surface area contributed by atoms with Crippen LogP contribution >= 0.6 is 0 Å². The molecule has 1 nitrogen and oxygen atoms in total. The zero-order chi connectivity index (χ0) is 12.5. The maximum atomic E-state index is 12.3. The first-order valence-corrected chi connectivity index (χ1v) is 6.41. The SMILES string of the molecule is Cc1cccc([C@@H]2C[C@H]2C(=O)c2ccccc2)c1. The van der Waals surface area contributed by atoms with E-state index >= 15 is 0 Å². The van der Waals surface area contributed by atoms with Crippen molar-refractivity contribution in [3.63, 3.8) is 0 Å². The fourth-order valence-corrected chi connectivity index (χ4v) is 2.57. The normalized spacial score (nSPS) is 21.6. The Kier molecular flexibility index (Phi) is 2.75. The Hall–Kier alpha value is -1.89. The van der Waals surface area contributed by atoms with E-state index < -0.39 is 0 Å². The van der Waals surface area contributed by atoms with Crippen LogP contribution in [0.15, 0.2) is 54.6 Å². The van der Waals surface area contributed by atoms with Crippen LogP contribution in [0, 0.1) is 12.8 Å². The molecule has 0 spiro atoms. The van der Waals surface area contributed by atoms with E-state index in [0.717, 1.165) is 12.0 Å². The van der Waals surface area contributed by atoms with E-state index in [1.165, 1.54) is 11.1 Å². The zero-order valence-electron chi connectivity index (χ0n) is 10.5. The number of Topliss-reactive ketones (excluding diaryl/α,β-unsaturated/α-hetero) is 1. The van der Waals surface area contributed by atoms with Gasteiger partial charge in [-0.1, -0.05) is 60.2 Å². The molecule has 1 aliphatic carbocycles. The summed E-state index contributed by atoms with van der Waals surface area (Å²) in [6, 6.07) is 18.1. The van der Waals surface area contributed by atoms with Gasteiger partial charge in [-0.25, -0.2) is 0 Å². The molecule has 0 amide bonds. The number of carbonyl (C=O) groups excluding carboxylic acids is 1. The molecule has 90 valence electrons. The predicted octanol–water partition coefficient (Wildman–Crippen LogP) is 3.98. The maximum Gasteiger partial charge on any atom is 0.166 e. The van der Waals surface area contributed by atoms with Gasteiger partial charge in [0.2, 0.25) is 0 Å². The highest BCUT2D eigenvalue weighted by atomic mass is 16.1. The van der Waals surface area contributed by atoms with Crippen LogP contribution in [-0.4, -0.2) is 5.78 Å². The predicted molar refractivity (Wildman–Crippen MR) is 72.8 cm³/mol. The van der Waals surface area contributed by atoms with E-state index in [0.29, 0.717) is 11.7 Å². The van der Waals surface area contributed by atoms with Gasteiger partial charge < -0.3 is 0 Å². The van der Waals surface area contributed by atoms with Crippen molar-refractivity contribution >= 4 is 5.78 Å². The standard InChI is InChI=1S/C17H16O/c1-12-6-5-9-14(10-12)15-11-16(15)17(18)13-7-3-2-4-8-13/h2-10,15-16H,11H2,1H3/t15-,16+/m0/s1. The fourth-order valence-electron chi connectivity index (χ4n) is 2.57. The molecule has 1 fully saturated rings. The highest BCUT2D eigenvalue weighted by Gasteiger charge is 2.43. The summed E-state index contributed by atoms with van der Waals surface area (Å²) in [5.74, 6) is 0.911. The van der Waals surface area contributed by atoms with E-state index in [4.69, 9.17) is 0 Å². The van der Waals surface area contributed by atoms with Crippen LogP contribution in [0.4, 0.5) is 0 Å². The molecule has 0 N–H and O–H groups in total. The maximum absolute atomic E-state index is 12.3. The molecule has 1 heteroatoms. The van der Waals surface area contributed by atoms with Gasteiger partial charge >= 0.3 is 0 Å². The highest BCUT2D eigenvalue weighted by molar-refractivity contribution is 6.00. The Bertz CT molecular complexity index is 571. The Morgan fingerprint density at radius 1 is 1.06 bits per heavy atom. The lowest BCUT2D eigenvalue weighted by Gasteiger charge is -2.02. The van der Waals surface area contributed by atoms with Gasteiger partial charge in [0.05, 0.1) is 0 Å². The molecular weight excluding hydrogens is 220 g/mol. The van der Waals surface area contributed by atoms with Crippen molar-refractivity contribution in [2.75, 3.05) is 0 Å². The summed E-state index contributed by atoms with van der Waals surface area (Å²) in [4.78, 5) is 12.3. The molecule has 0 bridgehead atoms. The third-order valence-electron chi connectivity index (χ3n) is 3.66. The van der Waals surface area contributed by atoms with E-state index in [-0.39, 0.29) is 5.92 Å². The van der Waals surface area contributed by atoms with Gasteiger partial charge in [-0.3, -0.25) is 4.79 Å². The monoisotopic (exact) mass is 236 g/mol. The minimum absolute atomic E-state index is 0.189. The number of rotatable bonds is 3. The third kappa shape index (κ3) is 2.08. The number of hydrogen-bond acceptors (Lipinski definition) is 1. The number of carbonyl (C=O) groups is 1. The first-order chi connectivity index (χ1) is 8.75. The largest absolute Gasteiger partial charge is 0.294 e. The second kappa shape index (κ2) is 4.41. The molecule has 2 aromatic rings. The van der Waals surface area contributed by atoms with Crippen LogP contribution in [0.25, 0.3) is 0 Å². The van der Waals surface area contributed by atoms with Crippen molar-refractivity contribution in [1.82, 2.24) is 0 Å². The Morgan fingerprint density at radius 2 is 1.83 bits per heavy atom. The Balaban J connectivity index is 1.77. The van der Waals surface area contributed by atoms with Crippen LogP contribution in [0.1, 0.15) is 33.8 Å². The lowest BCUT2D eigenvalue weighted by molar-refractivity contribution is 0.0965. The zero-order valence-corrected chi connectivity index (χ0v) is 10.5. The average molecular weight is 236 g/mol. The summed E-state index contributed by atoms with van der Waals surface area (Å²) in [6.45, 7) is 2.10. The smallest absolute Gasteiger partial charge is 0.166 e. The molecular formula is C17H16O. The van der Waals surface area contributed by atoms with Crippen LogP contribution in [0.5, 0.6) is 0 Å². The number of benzene rings is 2. The molecule has 0 radical (unpaired) electrons. The van der Waals surface area contributed by atoms with Gasteiger partial charge in [0.25, 0.3) is 0 Å². The van der Waals surface area contributed by atoms with Crippen molar-refractivity contribution < 1.29 is 4.79 Å². The topological polar surface area (TPSA) is 17.1 Å². The first-order valence-electron chi connectivity index (χ1n) is 6.41. The molecule has 0 unspecified atom stereocenters. The van der Waals surface area contributed by atoms with Crippen molar-refractivity contribution in [3.8, 4) is 0 Å². The van der Waals surface area contributed by atoms with Crippen LogP contribution in [0.3, 0.4) is 0 Å². The lowest BCUT2D eigenvalue weighted by Crippen LogP contribution is -2.02. The number of ketones is 1. The minimum atomic E-state index is 0.189. The minimum Gasteiger partial charge on any atom is -0.294 e. The Labute approximate surface area is 107 Å². The van der Waals surface area contributed by atoms with Gasteiger partial charge in [0.1, 0.15) is 0 Å². The summed E-state index contributed by atoms with van der Waals surface area (Å²) in [7, 11) is 0. The first kappa shape index (κ1) is 11.2. The third-order valence-corrected chi connectivity index (χ3v) is 3.66. The van der Waals surface area contributed by atoms with E-state index in [1.54, 1.807) is 0 Å². The van der Waals surface area contributed by atoms with Crippen LogP contribution in [0.2, 0.25) is 0 Å². The van der Waals surface area contributed by atoms with E-state index in [9.17, 15) is 4.79 Å². The van der Waals surface area contributed by atoms with Gasteiger partial charge in [-0.15, -0.1) is 0 Å². The molecule has 0 saturated heterocycles. The van der Waals surface area contributed by atoms with Crippen molar-refractivity contribution in [2.45, 2.75) is 19.3 Å². The van der Waals surface area contributed by atoms with E-state index in [2.05, 4.69) is 31.2 Å².